The number of hydrogen-bond donors (Lipinski definition) is 0. The lowest BCUT2D eigenvalue weighted by Gasteiger charge is -2.58. The van der Waals surface area contributed by atoms with Gasteiger partial charge in [0, 0.05) is 18.8 Å². The maximum absolute atomic E-state index is 12.8. The van der Waals surface area contributed by atoms with Crippen molar-refractivity contribution in [3.05, 3.63) is 23.5 Å². The third-order valence-corrected chi connectivity index (χ3v) is 9.07. The van der Waals surface area contributed by atoms with Gasteiger partial charge >= 0.3 is 5.97 Å². The lowest BCUT2D eigenvalue weighted by molar-refractivity contribution is -0.186. The number of carbonyl (C=O) groups is 2. The molecule has 2 saturated carbocycles. The second kappa shape index (κ2) is 6.99. The Morgan fingerprint density at radius 1 is 1.10 bits per heavy atom. The number of Topliss-reactive ketones (excluding diaryl/α,β-unsaturated/α-hetero) is 1. The third kappa shape index (κ3) is 2.84. The van der Waals surface area contributed by atoms with Crippen LogP contribution in [-0.4, -0.2) is 24.0 Å². The van der Waals surface area contributed by atoms with Crippen LogP contribution in [0.4, 0.5) is 0 Å². The number of fused-ring (bicyclic) bond motifs is 5. The fraction of sp³-hybridized carbons (Fsp3) is 0.760. The molecule has 0 N–H and O–H groups in total. The van der Waals surface area contributed by atoms with Crippen LogP contribution in [0.25, 0.3) is 0 Å². The normalized spacial score (nSPS) is 43.3. The number of allylic oxidation sites excluding steroid dienone is 4. The van der Waals surface area contributed by atoms with E-state index in [0.29, 0.717) is 24.2 Å². The Morgan fingerprint density at radius 3 is 2.48 bits per heavy atom. The summed E-state index contributed by atoms with van der Waals surface area (Å²) in [5.74, 6) is 2.43. The summed E-state index contributed by atoms with van der Waals surface area (Å²) in [4.78, 5) is 24.7. The summed E-state index contributed by atoms with van der Waals surface area (Å²) >= 11 is 0. The molecule has 0 aromatic rings. The molecule has 0 unspecified atom stereocenters. The molecule has 0 saturated heterocycles. The van der Waals surface area contributed by atoms with Gasteiger partial charge in [-0.15, -0.1) is 0 Å². The molecule has 2 fully saturated rings. The summed E-state index contributed by atoms with van der Waals surface area (Å²) < 4.78 is 11.7. The first kappa shape index (κ1) is 20.7. The molecule has 0 aliphatic heterocycles. The SMILES string of the molecule is CCOC1=CC2=CC[C@@H]3[C@H](CC[C@@]4(C)[C@H]3CC[C@]4(OC(C)=O)C(C)=O)[C@@]2(C)CC1. The molecule has 0 amide bonds. The molecule has 4 heteroatoms. The van der Waals surface area contributed by atoms with Crippen LogP contribution in [0.5, 0.6) is 0 Å². The minimum Gasteiger partial charge on any atom is -0.498 e. The highest BCUT2D eigenvalue weighted by atomic mass is 16.6. The van der Waals surface area contributed by atoms with Crippen molar-refractivity contribution in [2.75, 3.05) is 6.61 Å². The monoisotopic (exact) mass is 400 g/mol. The van der Waals surface area contributed by atoms with Crippen molar-refractivity contribution in [2.45, 2.75) is 85.2 Å². The molecule has 0 radical (unpaired) electrons. The minimum atomic E-state index is -0.937. The summed E-state index contributed by atoms with van der Waals surface area (Å²) in [5, 5.41) is 0. The number of hydrogen-bond acceptors (Lipinski definition) is 4. The summed E-state index contributed by atoms with van der Waals surface area (Å²) in [6.45, 7) is 10.5. The van der Waals surface area contributed by atoms with Crippen LogP contribution < -0.4 is 0 Å². The predicted octanol–water partition coefficient (Wildman–Crippen LogP) is 5.37. The van der Waals surface area contributed by atoms with E-state index in [1.165, 1.54) is 12.5 Å². The van der Waals surface area contributed by atoms with Gasteiger partial charge in [-0.25, -0.2) is 0 Å². The van der Waals surface area contributed by atoms with E-state index < -0.39 is 5.60 Å². The Kier molecular flexibility index (Phi) is 4.99. The van der Waals surface area contributed by atoms with E-state index in [4.69, 9.17) is 9.47 Å². The first-order valence-electron chi connectivity index (χ1n) is 11.4. The Bertz CT molecular complexity index is 780. The molecule has 4 aliphatic rings. The van der Waals surface area contributed by atoms with E-state index in [-0.39, 0.29) is 22.6 Å². The summed E-state index contributed by atoms with van der Waals surface area (Å²) in [7, 11) is 0. The summed E-state index contributed by atoms with van der Waals surface area (Å²) in [6, 6.07) is 0. The molecule has 0 aromatic heterocycles. The number of esters is 1. The summed E-state index contributed by atoms with van der Waals surface area (Å²) in [5.41, 5.74) is 0.448. The first-order chi connectivity index (χ1) is 13.7. The molecule has 4 aliphatic carbocycles. The van der Waals surface area contributed by atoms with Crippen LogP contribution >= 0.6 is 0 Å². The maximum Gasteiger partial charge on any atom is 0.303 e. The fourth-order valence-electron chi connectivity index (χ4n) is 7.66. The zero-order chi connectivity index (χ0) is 21.0. The maximum atomic E-state index is 12.8. The van der Waals surface area contributed by atoms with Gasteiger partial charge < -0.3 is 9.47 Å². The first-order valence-corrected chi connectivity index (χ1v) is 11.4. The van der Waals surface area contributed by atoms with Gasteiger partial charge in [0.1, 0.15) is 0 Å². The lowest BCUT2D eigenvalue weighted by atomic mass is 9.47. The van der Waals surface area contributed by atoms with Crippen molar-refractivity contribution in [3.63, 3.8) is 0 Å². The standard InChI is InChI=1S/C25H36O4/c1-6-28-19-9-12-23(4)18(15-19)7-8-20-21(23)10-13-24(5)22(20)11-14-25(24,16(2)26)29-17(3)27/h7,15,20-22H,6,8-14H2,1-5H3/t20-,21+,22+,23+,24+,25+/m1/s1. The topological polar surface area (TPSA) is 52.6 Å². The Labute approximate surface area is 175 Å². The van der Waals surface area contributed by atoms with E-state index in [9.17, 15) is 9.59 Å². The van der Waals surface area contributed by atoms with Crippen LogP contribution in [0.15, 0.2) is 23.5 Å². The van der Waals surface area contributed by atoms with Crippen LogP contribution in [-0.2, 0) is 19.1 Å². The average molecular weight is 401 g/mol. The van der Waals surface area contributed by atoms with Gasteiger partial charge in [-0.3, -0.25) is 9.59 Å². The molecule has 29 heavy (non-hydrogen) atoms. The number of rotatable bonds is 4. The minimum absolute atomic E-state index is 0.0244. The quantitative estimate of drug-likeness (QED) is 0.595. The fourth-order valence-corrected chi connectivity index (χ4v) is 7.66. The molecule has 0 bridgehead atoms. The van der Waals surface area contributed by atoms with Gasteiger partial charge in [0.25, 0.3) is 0 Å². The Balaban J connectivity index is 1.68. The Morgan fingerprint density at radius 2 is 1.83 bits per heavy atom. The third-order valence-electron chi connectivity index (χ3n) is 9.07. The Hall–Kier alpha value is -1.58. The van der Waals surface area contributed by atoms with Gasteiger partial charge in [0.15, 0.2) is 11.4 Å². The molecular weight excluding hydrogens is 364 g/mol. The van der Waals surface area contributed by atoms with Crippen molar-refractivity contribution < 1.29 is 19.1 Å². The van der Waals surface area contributed by atoms with Crippen LogP contribution in [0.2, 0.25) is 0 Å². The smallest absolute Gasteiger partial charge is 0.303 e. The molecule has 6 atom stereocenters. The van der Waals surface area contributed by atoms with Crippen LogP contribution in [0, 0.1) is 28.6 Å². The van der Waals surface area contributed by atoms with Gasteiger partial charge in [-0.1, -0.05) is 19.9 Å². The van der Waals surface area contributed by atoms with Gasteiger partial charge in [0.2, 0.25) is 0 Å². The van der Waals surface area contributed by atoms with Crippen molar-refractivity contribution >= 4 is 11.8 Å². The van der Waals surface area contributed by atoms with Crippen molar-refractivity contribution in [1.29, 1.82) is 0 Å². The highest BCUT2D eigenvalue weighted by Gasteiger charge is 2.67. The number of ether oxygens (including phenoxy) is 2. The molecule has 0 spiro atoms. The average Bonchev–Trinajstić information content (AvgIpc) is 2.95. The van der Waals surface area contributed by atoms with Crippen LogP contribution in [0.3, 0.4) is 0 Å². The van der Waals surface area contributed by atoms with E-state index in [0.717, 1.165) is 50.9 Å². The van der Waals surface area contributed by atoms with Gasteiger partial charge in [-0.2, -0.15) is 0 Å². The largest absolute Gasteiger partial charge is 0.498 e. The number of carbonyl (C=O) groups excluding carboxylic acids is 2. The molecular formula is C25H36O4. The second-order valence-corrected chi connectivity index (χ2v) is 10.2. The predicted molar refractivity (Wildman–Crippen MR) is 112 cm³/mol. The zero-order valence-electron chi connectivity index (χ0n) is 18.7. The van der Waals surface area contributed by atoms with E-state index in [2.05, 4.69) is 26.0 Å². The van der Waals surface area contributed by atoms with Crippen molar-refractivity contribution in [2.24, 2.45) is 28.6 Å². The van der Waals surface area contributed by atoms with E-state index in [1.54, 1.807) is 6.92 Å². The molecule has 160 valence electrons. The van der Waals surface area contributed by atoms with E-state index >= 15 is 0 Å². The molecule has 0 aromatic carbocycles. The van der Waals surface area contributed by atoms with Crippen LogP contribution in [0.1, 0.15) is 79.6 Å². The van der Waals surface area contributed by atoms with Gasteiger partial charge in [-0.05, 0) is 87.2 Å². The molecule has 0 heterocycles. The molecule has 4 nitrogen and oxygen atoms in total. The van der Waals surface area contributed by atoms with E-state index in [1.807, 2.05) is 6.92 Å². The second-order valence-electron chi connectivity index (χ2n) is 10.2. The van der Waals surface area contributed by atoms with Crippen molar-refractivity contribution in [3.8, 4) is 0 Å². The highest BCUT2D eigenvalue weighted by Crippen LogP contribution is 2.67. The van der Waals surface area contributed by atoms with Gasteiger partial charge in [0.05, 0.1) is 12.4 Å². The summed E-state index contributed by atoms with van der Waals surface area (Å²) in [6.07, 6.45) is 11.6. The zero-order valence-corrected chi connectivity index (χ0v) is 18.7. The number of ketones is 1. The highest BCUT2D eigenvalue weighted by molar-refractivity contribution is 5.89. The molecule has 4 rings (SSSR count). The lowest BCUT2D eigenvalue weighted by Crippen LogP contribution is -2.58. The van der Waals surface area contributed by atoms with Crippen molar-refractivity contribution in [1.82, 2.24) is 0 Å².